The number of rotatable bonds is 3. The van der Waals surface area contributed by atoms with Gasteiger partial charge >= 0.3 is 6.03 Å². The van der Waals surface area contributed by atoms with Gasteiger partial charge in [0.15, 0.2) is 0 Å². The highest BCUT2D eigenvalue weighted by atomic mass is 16.2. The molecule has 1 fully saturated rings. The molecule has 0 atom stereocenters. The van der Waals surface area contributed by atoms with Crippen molar-refractivity contribution in [2.24, 2.45) is 0 Å². The van der Waals surface area contributed by atoms with Crippen molar-refractivity contribution in [3.63, 3.8) is 0 Å². The van der Waals surface area contributed by atoms with Gasteiger partial charge in [-0.3, -0.25) is 0 Å². The van der Waals surface area contributed by atoms with Gasteiger partial charge in [-0.15, -0.1) is 0 Å². The van der Waals surface area contributed by atoms with Gasteiger partial charge in [-0.2, -0.15) is 5.26 Å². The van der Waals surface area contributed by atoms with E-state index in [1.807, 2.05) is 13.0 Å². The summed E-state index contributed by atoms with van der Waals surface area (Å²) in [6, 6.07) is 2.22. The zero-order valence-electron chi connectivity index (χ0n) is 8.62. The SMILES string of the molecule is CCN(CC#N)C(=O)NC1CCCC1. The van der Waals surface area contributed by atoms with Gasteiger partial charge in [0.2, 0.25) is 0 Å². The van der Waals surface area contributed by atoms with Gasteiger partial charge in [0.25, 0.3) is 0 Å². The van der Waals surface area contributed by atoms with Crippen LogP contribution in [0.25, 0.3) is 0 Å². The Morgan fingerprint density at radius 2 is 2.21 bits per heavy atom. The van der Waals surface area contributed by atoms with Gasteiger partial charge in [0, 0.05) is 12.6 Å². The molecule has 4 nitrogen and oxygen atoms in total. The van der Waals surface area contributed by atoms with Crippen LogP contribution in [0.4, 0.5) is 4.79 Å². The number of carbonyl (C=O) groups excluding carboxylic acids is 1. The summed E-state index contributed by atoms with van der Waals surface area (Å²) in [6.45, 7) is 2.65. The fourth-order valence-electron chi connectivity index (χ4n) is 1.75. The number of nitriles is 1. The summed E-state index contributed by atoms with van der Waals surface area (Å²) < 4.78 is 0. The first kappa shape index (κ1) is 10.8. The summed E-state index contributed by atoms with van der Waals surface area (Å²) >= 11 is 0. The standard InChI is InChI=1S/C10H17N3O/c1-2-13(8-7-11)10(14)12-9-5-3-4-6-9/h9H,2-6,8H2,1H3,(H,12,14). The average Bonchev–Trinajstić information content (AvgIpc) is 2.66. The molecule has 0 aromatic heterocycles. The van der Waals surface area contributed by atoms with E-state index in [-0.39, 0.29) is 12.6 Å². The Labute approximate surface area is 84.9 Å². The Morgan fingerprint density at radius 3 is 2.71 bits per heavy atom. The molecule has 0 heterocycles. The molecule has 0 aliphatic heterocycles. The minimum Gasteiger partial charge on any atom is -0.335 e. The molecule has 0 unspecified atom stereocenters. The molecule has 0 saturated heterocycles. The molecule has 1 N–H and O–H groups in total. The van der Waals surface area contributed by atoms with Gasteiger partial charge in [0.1, 0.15) is 6.54 Å². The van der Waals surface area contributed by atoms with Crippen LogP contribution in [-0.4, -0.2) is 30.1 Å². The monoisotopic (exact) mass is 195 g/mol. The summed E-state index contributed by atoms with van der Waals surface area (Å²) in [5.74, 6) is 0. The molecule has 4 heteroatoms. The van der Waals surface area contributed by atoms with E-state index in [1.165, 1.54) is 17.7 Å². The summed E-state index contributed by atoms with van der Waals surface area (Å²) in [7, 11) is 0. The molecule has 0 aromatic carbocycles. The zero-order chi connectivity index (χ0) is 10.4. The van der Waals surface area contributed by atoms with Crippen molar-refractivity contribution in [2.45, 2.75) is 38.6 Å². The van der Waals surface area contributed by atoms with E-state index in [1.54, 1.807) is 0 Å². The highest BCUT2D eigenvalue weighted by Crippen LogP contribution is 2.17. The van der Waals surface area contributed by atoms with Crippen molar-refractivity contribution >= 4 is 6.03 Å². The normalized spacial score (nSPS) is 16.3. The Balaban J connectivity index is 2.35. The summed E-state index contributed by atoms with van der Waals surface area (Å²) in [5, 5.41) is 11.5. The fourth-order valence-corrected chi connectivity index (χ4v) is 1.75. The molecule has 1 saturated carbocycles. The van der Waals surface area contributed by atoms with E-state index in [0.717, 1.165) is 12.8 Å². The molecule has 0 aromatic rings. The topological polar surface area (TPSA) is 56.1 Å². The predicted molar refractivity (Wildman–Crippen MR) is 53.6 cm³/mol. The second kappa shape index (κ2) is 5.48. The van der Waals surface area contributed by atoms with Crippen LogP contribution in [0.1, 0.15) is 32.6 Å². The van der Waals surface area contributed by atoms with Gasteiger partial charge < -0.3 is 10.2 Å². The molecule has 78 valence electrons. The number of hydrogen-bond donors (Lipinski definition) is 1. The third kappa shape index (κ3) is 2.91. The molecule has 0 spiro atoms. The zero-order valence-corrected chi connectivity index (χ0v) is 8.62. The number of nitrogens with zero attached hydrogens (tertiary/aromatic N) is 2. The third-order valence-corrected chi connectivity index (χ3v) is 2.61. The van der Waals surface area contributed by atoms with Crippen LogP contribution in [0.3, 0.4) is 0 Å². The van der Waals surface area contributed by atoms with E-state index in [9.17, 15) is 4.79 Å². The second-order valence-electron chi connectivity index (χ2n) is 3.60. The molecule has 2 amide bonds. The van der Waals surface area contributed by atoms with Crippen molar-refractivity contribution in [1.29, 1.82) is 5.26 Å². The smallest absolute Gasteiger partial charge is 0.318 e. The maximum Gasteiger partial charge on any atom is 0.318 e. The molecule has 14 heavy (non-hydrogen) atoms. The van der Waals surface area contributed by atoms with Crippen molar-refractivity contribution in [3.05, 3.63) is 0 Å². The van der Waals surface area contributed by atoms with Crippen LogP contribution in [0.2, 0.25) is 0 Å². The molecular formula is C10H17N3O. The lowest BCUT2D eigenvalue weighted by molar-refractivity contribution is 0.202. The van der Waals surface area contributed by atoms with Crippen LogP contribution in [-0.2, 0) is 0 Å². The lowest BCUT2D eigenvalue weighted by Gasteiger charge is -2.20. The fraction of sp³-hybridized carbons (Fsp3) is 0.800. The average molecular weight is 195 g/mol. The second-order valence-corrected chi connectivity index (χ2v) is 3.60. The minimum atomic E-state index is -0.0963. The Bertz CT molecular complexity index is 228. The van der Waals surface area contributed by atoms with Gasteiger partial charge in [-0.25, -0.2) is 4.79 Å². The van der Waals surface area contributed by atoms with E-state index >= 15 is 0 Å². The van der Waals surface area contributed by atoms with E-state index in [4.69, 9.17) is 5.26 Å². The first-order valence-electron chi connectivity index (χ1n) is 5.20. The number of carbonyl (C=O) groups is 1. The molecule has 1 aliphatic carbocycles. The van der Waals surface area contributed by atoms with Crippen molar-refractivity contribution < 1.29 is 4.79 Å². The predicted octanol–water partition coefficient (Wildman–Crippen LogP) is 1.48. The summed E-state index contributed by atoms with van der Waals surface area (Å²) in [5.41, 5.74) is 0. The van der Waals surface area contributed by atoms with Crippen LogP contribution in [0, 0.1) is 11.3 Å². The molecular weight excluding hydrogens is 178 g/mol. The molecule has 0 radical (unpaired) electrons. The van der Waals surface area contributed by atoms with Gasteiger partial charge in [0.05, 0.1) is 6.07 Å². The summed E-state index contributed by atoms with van der Waals surface area (Å²) in [4.78, 5) is 13.1. The lowest BCUT2D eigenvalue weighted by Crippen LogP contribution is -2.44. The van der Waals surface area contributed by atoms with E-state index in [0.29, 0.717) is 12.6 Å². The minimum absolute atomic E-state index is 0.0963. The molecule has 0 bridgehead atoms. The van der Waals surface area contributed by atoms with E-state index in [2.05, 4.69) is 5.32 Å². The third-order valence-electron chi connectivity index (χ3n) is 2.61. The van der Waals surface area contributed by atoms with Crippen LogP contribution in [0.15, 0.2) is 0 Å². The quantitative estimate of drug-likeness (QED) is 0.693. The highest BCUT2D eigenvalue weighted by molar-refractivity contribution is 5.74. The Morgan fingerprint density at radius 1 is 1.57 bits per heavy atom. The Hall–Kier alpha value is -1.24. The van der Waals surface area contributed by atoms with Crippen LogP contribution in [0.5, 0.6) is 0 Å². The number of nitrogens with one attached hydrogen (secondary N) is 1. The van der Waals surface area contributed by atoms with Gasteiger partial charge in [-0.1, -0.05) is 12.8 Å². The molecule has 1 rings (SSSR count). The first-order chi connectivity index (χ1) is 6.77. The van der Waals surface area contributed by atoms with Crippen LogP contribution >= 0.6 is 0 Å². The highest BCUT2D eigenvalue weighted by Gasteiger charge is 2.19. The Kier molecular flexibility index (Phi) is 4.24. The largest absolute Gasteiger partial charge is 0.335 e. The van der Waals surface area contributed by atoms with Crippen molar-refractivity contribution in [1.82, 2.24) is 10.2 Å². The van der Waals surface area contributed by atoms with Crippen molar-refractivity contribution in [2.75, 3.05) is 13.1 Å². The number of hydrogen-bond acceptors (Lipinski definition) is 2. The summed E-state index contributed by atoms with van der Waals surface area (Å²) in [6.07, 6.45) is 4.57. The number of amides is 2. The maximum atomic E-state index is 11.6. The van der Waals surface area contributed by atoms with E-state index < -0.39 is 0 Å². The van der Waals surface area contributed by atoms with Gasteiger partial charge in [-0.05, 0) is 19.8 Å². The first-order valence-corrected chi connectivity index (χ1v) is 5.20. The van der Waals surface area contributed by atoms with Crippen LogP contribution < -0.4 is 5.32 Å². The maximum absolute atomic E-state index is 11.6. The lowest BCUT2D eigenvalue weighted by atomic mass is 10.2. The molecule has 1 aliphatic rings. The van der Waals surface area contributed by atoms with Crippen molar-refractivity contribution in [3.8, 4) is 6.07 Å². The number of urea groups is 1.